The fraction of sp³-hybridized carbons (Fsp3) is 0.318. The molecule has 1 saturated heterocycles. The fourth-order valence-corrected chi connectivity index (χ4v) is 3.66. The Morgan fingerprint density at radius 3 is 2.75 bits per heavy atom. The molecule has 2 amide bonds. The average Bonchev–Trinajstić information content (AvgIpc) is 3.29. The van der Waals surface area contributed by atoms with Gasteiger partial charge in [0.25, 0.3) is 0 Å². The van der Waals surface area contributed by atoms with Gasteiger partial charge in [-0.3, -0.25) is 14.6 Å². The maximum atomic E-state index is 12.5. The first-order chi connectivity index (χ1) is 13.6. The van der Waals surface area contributed by atoms with Gasteiger partial charge in [0.05, 0.1) is 12.5 Å². The molecule has 2 aromatic rings. The summed E-state index contributed by atoms with van der Waals surface area (Å²) in [5.41, 5.74) is 4.34. The first-order valence-electron chi connectivity index (χ1n) is 9.63. The molecular formula is C22H24N4O2. The summed E-state index contributed by atoms with van der Waals surface area (Å²) in [4.78, 5) is 31.0. The molecule has 0 aliphatic carbocycles. The van der Waals surface area contributed by atoms with Gasteiger partial charge < -0.3 is 15.5 Å². The lowest BCUT2D eigenvalue weighted by Crippen LogP contribution is -2.38. The van der Waals surface area contributed by atoms with Crippen molar-refractivity contribution in [3.8, 4) is 0 Å². The van der Waals surface area contributed by atoms with Crippen LogP contribution in [0.4, 0.5) is 5.69 Å². The summed E-state index contributed by atoms with van der Waals surface area (Å²) in [6.45, 7) is 4.23. The second-order valence-electron chi connectivity index (χ2n) is 7.28. The molecule has 2 N–H and O–H groups in total. The van der Waals surface area contributed by atoms with Crippen molar-refractivity contribution in [1.29, 1.82) is 0 Å². The minimum Gasteiger partial charge on any atom is -0.368 e. The number of nitrogens with zero attached hydrogens (tertiary/aromatic N) is 2. The molecule has 4 rings (SSSR count). The van der Waals surface area contributed by atoms with E-state index in [4.69, 9.17) is 0 Å². The van der Waals surface area contributed by atoms with Crippen molar-refractivity contribution in [3.63, 3.8) is 0 Å². The minimum absolute atomic E-state index is 0.000883. The van der Waals surface area contributed by atoms with Gasteiger partial charge in [-0.2, -0.15) is 0 Å². The summed E-state index contributed by atoms with van der Waals surface area (Å²) in [6.07, 6.45) is 0.257. The Morgan fingerprint density at radius 2 is 1.93 bits per heavy atom. The molecule has 1 fully saturated rings. The molecular weight excluding hydrogens is 352 g/mol. The van der Waals surface area contributed by atoms with E-state index in [1.54, 1.807) is 4.90 Å². The molecule has 144 valence electrons. The molecule has 1 atom stereocenters. The average molecular weight is 376 g/mol. The van der Waals surface area contributed by atoms with Gasteiger partial charge in [-0.25, -0.2) is 0 Å². The Morgan fingerprint density at radius 1 is 1.14 bits per heavy atom. The number of anilines is 1. The van der Waals surface area contributed by atoms with Crippen LogP contribution in [0, 0.1) is 12.8 Å². The lowest BCUT2D eigenvalue weighted by molar-refractivity contribution is -0.126. The highest BCUT2D eigenvalue weighted by atomic mass is 16.2. The molecule has 2 aromatic carbocycles. The second-order valence-corrected chi connectivity index (χ2v) is 7.28. The second kappa shape index (κ2) is 7.84. The third kappa shape index (κ3) is 3.76. The van der Waals surface area contributed by atoms with E-state index in [1.165, 1.54) is 5.56 Å². The number of carbonyl (C=O) groups is 2. The van der Waals surface area contributed by atoms with E-state index in [9.17, 15) is 9.59 Å². The quantitative estimate of drug-likeness (QED) is 0.784. The molecule has 0 spiro atoms. The van der Waals surface area contributed by atoms with Crippen LogP contribution < -0.4 is 15.5 Å². The number of aliphatic imine (C=N–C) groups is 1. The van der Waals surface area contributed by atoms with Gasteiger partial charge >= 0.3 is 0 Å². The summed E-state index contributed by atoms with van der Waals surface area (Å²) in [5.74, 6) is 0.502. The maximum Gasteiger partial charge on any atom is 0.227 e. The van der Waals surface area contributed by atoms with E-state index in [1.807, 2.05) is 43.3 Å². The minimum atomic E-state index is -0.307. The van der Waals surface area contributed by atoms with Crippen LogP contribution in [0.2, 0.25) is 0 Å². The summed E-state index contributed by atoms with van der Waals surface area (Å²) in [5, 5.41) is 6.23. The number of carbonyl (C=O) groups excluding carboxylic acids is 2. The number of hydrogen-bond acceptors (Lipinski definition) is 4. The van der Waals surface area contributed by atoms with Crippen LogP contribution in [-0.4, -0.2) is 37.3 Å². The number of aryl methyl sites for hydroxylation is 1. The van der Waals surface area contributed by atoms with E-state index in [2.05, 4.69) is 27.8 Å². The molecule has 6 heteroatoms. The van der Waals surface area contributed by atoms with Crippen molar-refractivity contribution in [3.05, 3.63) is 65.2 Å². The predicted octanol–water partition coefficient (Wildman–Crippen LogP) is 2.01. The van der Waals surface area contributed by atoms with Crippen LogP contribution in [0.1, 0.15) is 23.1 Å². The Kier molecular flexibility index (Phi) is 5.10. The van der Waals surface area contributed by atoms with E-state index >= 15 is 0 Å². The number of benzene rings is 2. The maximum absolute atomic E-state index is 12.5. The molecule has 0 radical (unpaired) electrons. The number of nitrogens with one attached hydrogen (secondary N) is 2. The van der Waals surface area contributed by atoms with Crippen LogP contribution in [0.3, 0.4) is 0 Å². The van der Waals surface area contributed by atoms with E-state index in [0.29, 0.717) is 26.2 Å². The SMILES string of the molecule is Cc1ccc(N2CC(C(=O)NCCNC3=NCc4ccccc43)CC2=O)cc1. The molecule has 6 nitrogen and oxygen atoms in total. The normalized spacial score (nSPS) is 18.0. The lowest BCUT2D eigenvalue weighted by atomic mass is 10.1. The Hall–Kier alpha value is -3.15. The highest BCUT2D eigenvalue weighted by molar-refractivity contribution is 6.02. The van der Waals surface area contributed by atoms with Crippen molar-refractivity contribution in [2.75, 3.05) is 24.5 Å². The number of fused-ring (bicyclic) bond motifs is 1. The zero-order valence-corrected chi connectivity index (χ0v) is 15.9. The van der Waals surface area contributed by atoms with Crippen LogP contribution in [0.25, 0.3) is 0 Å². The third-order valence-electron chi connectivity index (χ3n) is 5.24. The first kappa shape index (κ1) is 18.2. The van der Waals surface area contributed by atoms with E-state index in [-0.39, 0.29) is 24.2 Å². The standard InChI is InChI=1S/C22H24N4O2/c1-15-6-8-18(9-7-15)26-14-17(12-20(26)27)22(28)24-11-10-23-21-19-5-3-2-4-16(19)13-25-21/h2-9,17H,10-14H2,1H3,(H,23,25)(H,24,28). The topological polar surface area (TPSA) is 73.8 Å². The van der Waals surface area contributed by atoms with Crippen molar-refractivity contribution in [2.45, 2.75) is 19.9 Å². The monoisotopic (exact) mass is 376 g/mol. The van der Waals surface area contributed by atoms with Crippen LogP contribution in [-0.2, 0) is 16.1 Å². The van der Waals surface area contributed by atoms with Gasteiger partial charge in [0.1, 0.15) is 5.84 Å². The molecule has 1 unspecified atom stereocenters. The highest BCUT2D eigenvalue weighted by Gasteiger charge is 2.34. The van der Waals surface area contributed by atoms with Gasteiger partial charge in [-0.05, 0) is 24.6 Å². The van der Waals surface area contributed by atoms with Gasteiger partial charge in [0, 0.05) is 37.3 Å². The Labute approximate surface area is 164 Å². The summed E-state index contributed by atoms with van der Waals surface area (Å²) < 4.78 is 0. The smallest absolute Gasteiger partial charge is 0.227 e. The highest BCUT2D eigenvalue weighted by Crippen LogP contribution is 2.25. The predicted molar refractivity (Wildman–Crippen MR) is 109 cm³/mol. The molecule has 2 aliphatic heterocycles. The van der Waals surface area contributed by atoms with Gasteiger partial charge in [-0.15, -0.1) is 0 Å². The molecule has 2 aliphatic rings. The van der Waals surface area contributed by atoms with Crippen LogP contribution >= 0.6 is 0 Å². The van der Waals surface area contributed by atoms with Crippen molar-refractivity contribution < 1.29 is 9.59 Å². The van der Waals surface area contributed by atoms with E-state index in [0.717, 1.165) is 22.6 Å². The fourth-order valence-electron chi connectivity index (χ4n) is 3.66. The summed E-state index contributed by atoms with van der Waals surface area (Å²) >= 11 is 0. The Bertz CT molecular complexity index is 920. The molecule has 28 heavy (non-hydrogen) atoms. The molecule has 0 bridgehead atoms. The lowest BCUT2D eigenvalue weighted by Gasteiger charge is -2.17. The Balaban J connectivity index is 1.25. The third-order valence-corrected chi connectivity index (χ3v) is 5.24. The zero-order valence-electron chi connectivity index (χ0n) is 15.9. The van der Waals surface area contributed by atoms with Gasteiger partial charge in [0.2, 0.25) is 11.8 Å². The van der Waals surface area contributed by atoms with Gasteiger partial charge in [0.15, 0.2) is 0 Å². The summed E-state index contributed by atoms with van der Waals surface area (Å²) in [6, 6.07) is 16.0. The van der Waals surface area contributed by atoms with Crippen LogP contribution in [0.15, 0.2) is 53.5 Å². The number of amides is 2. The summed E-state index contributed by atoms with van der Waals surface area (Å²) in [7, 11) is 0. The number of hydrogen-bond donors (Lipinski definition) is 2. The van der Waals surface area contributed by atoms with Gasteiger partial charge in [-0.1, -0.05) is 42.0 Å². The number of amidine groups is 1. The van der Waals surface area contributed by atoms with Crippen molar-refractivity contribution >= 4 is 23.3 Å². The largest absolute Gasteiger partial charge is 0.368 e. The van der Waals surface area contributed by atoms with Crippen molar-refractivity contribution in [1.82, 2.24) is 10.6 Å². The first-order valence-corrected chi connectivity index (χ1v) is 9.63. The zero-order chi connectivity index (χ0) is 19.5. The van der Waals surface area contributed by atoms with Crippen molar-refractivity contribution in [2.24, 2.45) is 10.9 Å². The van der Waals surface area contributed by atoms with Crippen LogP contribution in [0.5, 0.6) is 0 Å². The molecule has 2 heterocycles. The molecule has 0 aromatic heterocycles. The molecule has 0 saturated carbocycles. The van der Waals surface area contributed by atoms with E-state index < -0.39 is 0 Å². The number of rotatable bonds is 5.